The fraction of sp³-hybridized carbons (Fsp3) is 0.833. The van der Waals surface area contributed by atoms with Crippen LogP contribution in [0.2, 0.25) is 0 Å². The smallest absolute Gasteiger partial charge is 0.0678 e. The quantitative estimate of drug-likeness (QED) is 0.426. The van der Waals surface area contributed by atoms with Crippen molar-refractivity contribution in [2.75, 3.05) is 6.61 Å². The third-order valence-corrected chi connectivity index (χ3v) is 2.66. The summed E-state index contributed by atoms with van der Waals surface area (Å²) >= 11 is 0. The van der Waals surface area contributed by atoms with Crippen molar-refractivity contribution >= 4 is 0 Å². The standard InChI is InChI=1S/C12H24N2O/c1-12(2,3)15-9-11(14-13)10-7-5-4-6-8-10/h7,11,14H,4-6,8-9,13H2,1-3H3. The number of nitrogens with one attached hydrogen (secondary N) is 1. The van der Waals surface area contributed by atoms with E-state index in [0.29, 0.717) is 6.61 Å². The van der Waals surface area contributed by atoms with Crippen LogP contribution in [-0.4, -0.2) is 18.2 Å². The molecule has 0 saturated heterocycles. The number of hydrogen-bond acceptors (Lipinski definition) is 3. The first-order valence-corrected chi connectivity index (χ1v) is 5.82. The summed E-state index contributed by atoms with van der Waals surface area (Å²) in [4.78, 5) is 0. The van der Waals surface area contributed by atoms with Gasteiger partial charge in [-0.05, 0) is 46.5 Å². The molecule has 0 aromatic rings. The summed E-state index contributed by atoms with van der Waals surface area (Å²) in [6.45, 7) is 6.85. The molecule has 3 nitrogen and oxygen atoms in total. The Balaban J connectivity index is 2.44. The second-order valence-corrected chi connectivity index (χ2v) is 5.17. The van der Waals surface area contributed by atoms with Gasteiger partial charge in [0.25, 0.3) is 0 Å². The van der Waals surface area contributed by atoms with Gasteiger partial charge in [-0.1, -0.05) is 11.6 Å². The van der Waals surface area contributed by atoms with E-state index >= 15 is 0 Å². The number of ether oxygens (including phenoxy) is 1. The van der Waals surface area contributed by atoms with Gasteiger partial charge in [-0.15, -0.1) is 0 Å². The largest absolute Gasteiger partial charge is 0.374 e. The first-order valence-electron chi connectivity index (χ1n) is 5.82. The monoisotopic (exact) mass is 212 g/mol. The molecule has 0 amide bonds. The molecule has 0 fully saturated rings. The van der Waals surface area contributed by atoms with Crippen molar-refractivity contribution in [2.45, 2.75) is 58.1 Å². The van der Waals surface area contributed by atoms with Crippen LogP contribution in [-0.2, 0) is 4.74 Å². The molecular formula is C12H24N2O. The van der Waals surface area contributed by atoms with Gasteiger partial charge in [0.15, 0.2) is 0 Å². The number of hydrogen-bond donors (Lipinski definition) is 2. The lowest BCUT2D eigenvalue weighted by Crippen LogP contribution is -2.42. The zero-order valence-corrected chi connectivity index (χ0v) is 10.2. The first-order chi connectivity index (χ1) is 7.03. The highest BCUT2D eigenvalue weighted by atomic mass is 16.5. The lowest BCUT2D eigenvalue weighted by Gasteiger charge is -2.27. The second-order valence-electron chi connectivity index (χ2n) is 5.17. The fourth-order valence-electron chi connectivity index (χ4n) is 1.77. The highest BCUT2D eigenvalue weighted by Gasteiger charge is 2.18. The Morgan fingerprint density at radius 2 is 2.20 bits per heavy atom. The number of allylic oxidation sites excluding steroid dienone is 1. The van der Waals surface area contributed by atoms with E-state index in [1.807, 2.05) is 0 Å². The average molecular weight is 212 g/mol. The maximum atomic E-state index is 5.75. The molecule has 88 valence electrons. The predicted octanol–water partition coefficient (Wildman–Crippen LogP) is 2.13. The fourth-order valence-corrected chi connectivity index (χ4v) is 1.77. The zero-order valence-electron chi connectivity index (χ0n) is 10.2. The molecule has 1 aliphatic rings. The Bertz CT molecular complexity index is 218. The summed E-state index contributed by atoms with van der Waals surface area (Å²) in [5.74, 6) is 5.56. The minimum atomic E-state index is -0.0929. The molecule has 0 saturated carbocycles. The van der Waals surface area contributed by atoms with Gasteiger partial charge in [0.2, 0.25) is 0 Å². The Kier molecular flexibility index (Phi) is 4.77. The molecule has 15 heavy (non-hydrogen) atoms. The summed E-state index contributed by atoms with van der Waals surface area (Å²) < 4.78 is 5.75. The maximum Gasteiger partial charge on any atom is 0.0678 e. The predicted molar refractivity (Wildman–Crippen MR) is 63.4 cm³/mol. The SMILES string of the molecule is CC(C)(C)OCC(NN)C1=CCCCC1. The highest BCUT2D eigenvalue weighted by molar-refractivity contribution is 5.12. The van der Waals surface area contributed by atoms with Crippen molar-refractivity contribution in [3.8, 4) is 0 Å². The molecule has 0 bridgehead atoms. The van der Waals surface area contributed by atoms with Crippen LogP contribution in [0.25, 0.3) is 0 Å². The molecule has 0 aliphatic heterocycles. The minimum absolute atomic E-state index is 0.0929. The van der Waals surface area contributed by atoms with E-state index in [2.05, 4.69) is 32.3 Å². The summed E-state index contributed by atoms with van der Waals surface area (Å²) in [7, 11) is 0. The van der Waals surface area contributed by atoms with Crippen LogP contribution in [0.5, 0.6) is 0 Å². The molecule has 0 radical (unpaired) electrons. The van der Waals surface area contributed by atoms with Gasteiger partial charge in [-0.3, -0.25) is 11.3 Å². The van der Waals surface area contributed by atoms with Gasteiger partial charge in [-0.25, -0.2) is 0 Å². The van der Waals surface area contributed by atoms with Crippen LogP contribution in [0.15, 0.2) is 11.6 Å². The van der Waals surface area contributed by atoms with E-state index in [-0.39, 0.29) is 11.6 Å². The molecule has 0 heterocycles. The minimum Gasteiger partial charge on any atom is -0.374 e. The molecular weight excluding hydrogens is 188 g/mol. The van der Waals surface area contributed by atoms with Crippen LogP contribution in [0.4, 0.5) is 0 Å². The maximum absolute atomic E-state index is 5.75. The number of hydrazine groups is 1. The Hall–Kier alpha value is -0.380. The molecule has 3 N–H and O–H groups in total. The first kappa shape index (κ1) is 12.7. The van der Waals surface area contributed by atoms with E-state index in [1.54, 1.807) is 0 Å². The molecule has 0 aromatic carbocycles. The van der Waals surface area contributed by atoms with Crippen LogP contribution in [0, 0.1) is 0 Å². The number of nitrogens with two attached hydrogens (primary N) is 1. The van der Waals surface area contributed by atoms with Crippen LogP contribution < -0.4 is 11.3 Å². The third kappa shape index (κ3) is 4.78. The van der Waals surface area contributed by atoms with E-state index < -0.39 is 0 Å². The topological polar surface area (TPSA) is 47.3 Å². The lowest BCUT2D eigenvalue weighted by molar-refractivity contribution is -0.0106. The summed E-state index contributed by atoms with van der Waals surface area (Å²) in [6.07, 6.45) is 7.23. The van der Waals surface area contributed by atoms with Crippen molar-refractivity contribution < 1.29 is 4.74 Å². The van der Waals surface area contributed by atoms with Crippen molar-refractivity contribution in [1.82, 2.24) is 5.43 Å². The molecule has 1 aliphatic carbocycles. The van der Waals surface area contributed by atoms with E-state index in [4.69, 9.17) is 10.6 Å². The van der Waals surface area contributed by atoms with Crippen molar-refractivity contribution in [1.29, 1.82) is 0 Å². The van der Waals surface area contributed by atoms with Gasteiger partial charge < -0.3 is 4.74 Å². The Morgan fingerprint density at radius 3 is 2.67 bits per heavy atom. The molecule has 1 rings (SSSR count). The van der Waals surface area contributed by atoms with Gasteiger partial charge >= 0.3 is 0 Å². The summed E-state index contributed by atoms with van der Waals surface area (Å²) in [5.41, 5.74) is 4.17. The van der Waals surface area contributed by atoms with Crippen molar-refractivity contribution in [2.24, 2.45) is 5.84 Å². The van der Waals surface area contributed by atoms with Crippen molar-refractivity contribution in [3.05, 3.63) is 11.6 Å². The molecule has 0 aromatic heterocycles. The van der Waals surface area contributed by atoms with Gasteiger partial charge in [0, 0.05) is 0 Å². The van der Waals surface area contributed by atoms with E-state index in [9.17, 15) is 0 Å². The van der Waals surface area contributed by atoms with Gasteiger partial charge in [0.05, 0.1) is 18.2 Å². The number of rotatable bonds is 4. The van der Waals surface area contributed by atoms with Crippen LogP contribution >= 0.6 is 0 Å². The van der Waals surface area contributed by atoms with Crippen molar-refractivity contribution in [3.63, 3.8) is 0 Å². The summed E-state index contributed by atoms with van der Waals surface area (Å²) in [5, 5.41) is 0. The molecule has 0 spiro atoms. The zero-order chi connectivity index (χ0) is 11.3. The Morgan fingerprint density at radius 1 is 1.47 bits per heavy atom. The normalized spacial score (nSPS) is 19.9. The van der Waals surface area contributed by atoms with E-state index in [0.717, 1.165) is 6.42 Å². The van der Waals surface area contributed by atoms with Crippen LogP contribution in [0.1, 0.15) is 46.5 Å². The van der Waals surface area contributed by atoms with E-state index in [1.165, 1.54) is 24.8 Å². The molecule has 1 unspecified atom stereocenters. The molecule has 3 heteroatoms. The van der Waals surface area contributed by atoms with Crippen LogP contribution in [0.3, 0.4) is 0 Å². The second kappa shape index (κ2) is 5.64. The Labute approximate surface area is 93.0 Å². The van der Waals surface area contributed by atoms with Gasteiger partial charge in [-0.2, -0.15) is 0 Å². The highest BCUT2D eigenvalue weighted by Crippen LogP contribution is 2.21. The lowest BCUT2D eigenvalue weighted by atomic mass is 9.94. The third-order valence-electron chi connectivity index (χ3n) is 2.66. The average Bonchev–Trinajstić information content (AvgIpc) is 2.19. The molecule has 1 atom stereocenters. The van der Waals surface area contributed by atoms with Gasteiger partial charge in [0.1, 0.15) is 0 Å². The summed E-state index contributed by atoms with van der Waals surface area (Å²) in [6, 6.07) is 0.185.